The van der Waals surface area contributed by atoms with Gasteiger partial charge in [0.1, 0.15) is 5.41 Å². The number of nitrogens with zero attached hydrogens (tertiary/aromatic N) is 3. The predicted molar refractivity (Wildman–Crippen MR) is 103 cm³/mol. The summed E-state index contributed by atoms with van der Waals surface area (Å²) >= 11 is 0. The number of ether oxygens (including phenoxy) is 1. The first-order valence-electron chi connectivity index (χ1n) is 9.71. The van der Waals surface area contributed by atoms with E-state index in [2.05, 4.69) is 5.10 Å². The maximum atomic E-state index is 13.4. The van der Waals surface area contributed by atoms with Crippen LogP contribution < -0.4 is 0 Å². The third-order valence-electron chi connectivity index (χ3n) is 5.74. The average Bonchev–Trinajstić information content (AvgIpc) is 3.46. The molecule has 0 bridgehead atoms. The number of carbonyl (C=O) groups excluding carboxylic acids is 1. The van der Waals surface area contributed by atoms with Gasteiger partial charge in [-0.15, -0.1) is 0 Å². The van der Waals surface area contributed by atoms with Crippen molar-refractivity contribution in [2.45, 2.75) is 31.6 Å². The predicted octanol–water partition coefficient (Wildman–Crippen LogP) is 2.70. The van der Waals surface area contributed by atoms with Gasteiger partial charge in [0, 0.05) is 26.1 Å². The molecule has 0 spiro atoms. The number of carboxylic acids is 1. The van der Waals surface area contributed by atoms with E-state index in [1.54, 1.807) is 11.1 Å². The van der Waals surface area contributed by atoms with Gasteiger partial charge >= 0.3 is 5.97 Å². The molecule has 1 atom stereocenters. The minimum Gasteiger partial charge on any atom is -0.481 e. The highest BCUT2D eigenvalue weighted by atomic mass is 16.5. The molecule has 7 heteroatoms. The minimum atomic E-state index is -1.04. The Morgan fingerprint density at radius 2 is 2.04 bits per heavy atom. The van der Waals surface area contributed by atoms with Crippen LogP contribution in [0.15, 0.2) is 36.5 Å². The van der Waals surface area contributed by atoms with Crippen molar-refractivity contribution in [1.29, 1.82) is 0 Å². The Hall–Kier alpha value is -2.67. The van der Waals surface area contributed by atoms with Crippen LogP contribution in [0.3, 0.4) is 0 Å². The number of likely N-dealkylation sites (tertiary alicyclic amines) is 1. The van der Waals surface area contributed by atoms with Gasteiger partial charge in [0.05, 0.1) is 29.7 Å². The van der Waals surface area contributed by atoms with Gasteiger partial charge in [0.2, 0.25) is 0 Å². The molecule has 2 fully saturated rings. The lowest BCUT2D eigenvalue weighted by molar-refractivity contribution is -0.155. The Morgan fingerprint density at radius 3 is 2.68 bits per heavy atom. The van der Waals surface area contributed by atoms with E-state index in [0.29, 0.717) is 30.9 Å². The summed E-state index contributed by atoms with van der Waals surface area (Å²) in [6, 6.07) is 9.80. The maximum Gasteiger partial charge on any atom is 0.313 e. The first-order valence-corrected chi connectivity index (χ1v) is 9.71. The number of carboxylic acid groups (broad SMARTS) is 1. The summed E-state index contributed by atoms with van der Waals surface area (Å²) in [5.41, 5.74) is 1.42. The number of benzene rings is 1. The van der Waals surface area contributed by atoms with Crippen LogP contribution in [0.5, 0.6) is 0 Å². The molecule has 1 aliphatic heterocycles. The second kappa shape index (κ2) is 7.39. The molecule has 1 N–H and O–H groups in total. The van der Waals surface area contributed by atoms with Crippen molar-refractivity contribution in [3.63, 3.8) is 0 Å². The number of rotatable bonds is 6. The second-order valence-corrected chi connectivity index (χ2v) is 7.81. The van der Waals surface area contributed by atoms with E-state index < -0.39 is 11.4 Å². The van der Waals surface area contributed by atoms with E-state index in [0.717, 1.165) is 24.2 Å². The van der Waals surface area contributed by atoms with Gasteiger partial charge in [-0.3, -0.25) is 9.59 Å². The zero-order valence-corrected chi connectivity index (χ0v) is 16.0. The van der Waals surface area contributed by atoms with Gasteiger partial charge in [0.25, 0.3) is 5.91 Å². The van der Waals surface area contributed by atoms with E-state index in [1.165, 1.54) is 7.11 Å². The third-order valence-corrected chi connectivity index (χ3v) is 5.74. The topological polar surface area (TPSA) is 84.7 Å². The number of hydrogen-bond acceptors (Lipinski definition) is 4. The summed E-state index contributed by atoms with van der Waals surface area (Å²) in [4.78, 5) is 26.9. The number of hydrogen-bond donors (Lipinski definition) is 1. The van der Waals surface area contributed by atoms with Crippen molar-refractivity contribution in [2.75, 3.05) is 26.8 Å². The largest absolute Gasteiger partial charge is 0.481 e. The lowest BCUT2D eigenvalue weighted by atomic mass is 9.80. The fourth-order valence-corrected chi connectivity index (χ4v) is 4.15. The fraction of sp³-hybridized carbons (Fsp3) is 0.476. The summed E-state index contributed by atoms with van der Waals surface area (Å²) in [5, 5.41) is 14.3. The molecule has 1 amide bonds. The Bertz CT molecular complexity index is 871. The van der Waals surface area contributed by atoms with Crippen LogP contribution in [0.1, 0.15) is 47.7 Å². The van der Waals surface area contributed by atoms with Crippen LogP contribution in [0.2, 0.25) is 0 Å². The summed E-state index contributed by atoms with van der Waals surface area (Å²) in [6.45, 7) is 0.818. The number of amides is 1. The van der Waals surface area contributed by atoms with Crippen LogP contribution in [0.25, 0.3) is 5.69 Å². The molecule has 28 heavy (non-hydrogen) atoms. The molecule has 1 saturated carbocycles. The Morgan fingerprint density at radius 1 is 1.29 bits per heavy atom. The van der Waals surface area contributed by atoms with Crippen molar-refractivity contribution in [3.8, 4) is 5.69 Å². The van der Waals surface area contributed by atoms with Gasteiger partial charge in [-0.1, -0.05) is 18.2 Å². The molecule has 0 radical (unpaired) electrons. The van der Waals surface area contributed by atoms with Crippen molar-refractivity contribution < 1.29 is 19.4 Å². The minimum absolute atomic E-state index is 0.102. The molecule has 148 valence electrons. The summed E-state index contributed by atoms with van der Waals surface area (Å²) in [6.07, 6.45) is 4.88. The third kappa shape index (κ3) is 3.30. The average molecular weight is 383 g/mol. The van der Waals surface area contributed by atoms with Gasteiger partial charge in [-0.25, -0.2) is 4.68 Å². The van der Waals surface area contributed by atoms with Gasteiger partial charge in [0.15, 0.2) is 0 Å². The van der Waals surface area contributed by atoms with Crippen molar-refractivity contribution >= 4 is 11.9 Å². The highest BCUT2D eigenvalue weighted by Gasteiger charge is 2.45. The molecule has 7 nitrogen and oxygen atoms in total. The molecule has 2 heterocycles. The van der Waals surface area contributed by atoms with Crippen LogP contribution in [-0.2, 0) is 9.53 Å². The van der Waals surface area contributed by atoms with Crippen LogP contribution in [-0.4, -0.2) is 58.5 Å². The second-order valence-electron chi connectivity index (χ2n) is 7.81. The molecule has 4 rings (SSSR count). The normalized spacial score (nSPS) is 22.2. The molecular weight excluding hydrogens is 358 g/mol. The zero-order chi connectivity index (χ0) is 19.7. The zero-order valence-electron chi connectivity index (χ0n) is 16.0. The first-order chi connectivity index (χ1) is 13.6. The van der Waals surface area contributed by atoms with Crippen molar-refractivity contribution in [3.05, 3.63) is 47.8 Å². The first kappa shape index (κ1) is 18.7. The number of aromatic nitrogens is 2. The van der Waals surface area contributed by atoms with E-state index in [-0.39, 0.29) is 19.1 Å². The summed E-state index contributed by atoms with van der Waals surface area (Å²) in [7, 11) is 1.50. The lowest BCUT2D eigenvalue weighted by Crippen LogP contribution is -2.52. The lowest BCUT2D eigenvalue weighted by Gasteiger charge is -2.39. The van der Waals surface area contributed by atoms with Crippen LogP contribution in [0, 0.1) is 5.41 Å². The number of methoxy groups -OCH3 is 1. The molecule has 1 unspecified atom stereocenters. The number of carbonyl (C=O) groups is 2. The molecule has 1 saturated heterocycles. The molecule has 1 aromatic heterocycles. The standard InChI is InChI=1S/C21H25N3O4/c1-28-14-21(20(26)27)10-5-11-23(13-21)19(25)17-12-22-24(18(17)15-8-9-15)16-6-3-2-4-7-16/h2-4,6-7,12,15H,5,8-11,13-14H2,1H3,(H,26,27). The molecular formula is C21H25N3O4. The Kier molecular flexibility index (Phi) is 4.93. The van der Waals surface area contributed by atoms with Gasteiger partial charge < -0.3 is 14.7 Å². The van der Waals surface area contributed by atoms with E-state index >= 15 is 0 Å². The van der Waals surface area contributed by atoms with Crippen LogP contribution >= 0.6 is 0 Å². The van der Waals surface area contributed by atoms with Gasteiger partial charge in [-0.05, 0) is 37.8 Å². The van der Waals surface area contributed by atoms with E-state index in [9.17, 15) is 14.7 Å². The monoisotopic (exact) mass is 383 g/mol. The van der Waals surface area contributed by atoms with Crippen LogP contribution in [0.4, 0.5) is 0 Å². The highest BCUT2D eigenvalue weighted by molar-refractivity contribution is 5.96. The van der Waals surface area contributed by atoms with Gasteiger partial charge in [-0.2, -0.15) is 5.10 Å². The Balaban J connectivity index is 1.65. The quantitative estimate of drug-likeness (QED) is 0.829. The van der Waals surface area contributed by atoms with E-state index in [1.807, 2.05) is 35.0 Å². The summed E-state index contributed by atoms with van der Waals surface area (Å²) < 4.78 is 7.03. The number of piperidine rings is 1. The summed E-state index contributed by atoms with van der Waals surface area (Å²) in [5.74, 6) is -0.714. The number of para-hydroxylation sites is 1. The van der Waals surface area contributed by atoms with Crippen molar-refractivity contribution in [1.82, 2.24) is 14.7 Å². The SMILES string of the molecule is COCC1(C(=O)O)CCCN(C(=O)c2cnn(-c3ccccc3)c2C2CC2)C1. The van der Waals surface area contributed by atoms with E-state index in [4.69, 9.17) is 4.74 Å². The Labute approximate surface area is 163 Å². The maximum absolute atomic E-state index is 13.4. The van der Waals surface area contributed by atoms with Crippen molar-refractivity contribution in [2.24, 2.45) is 5.41 Å². The fourth-order valence-electron chi connectivity index (χ4n) is 4.15. The molecule has 1 aliphatic carbocycles. The number of aliphatic carboxylic acids is 1. The molecule has 2 aromatic rings. The highest BCUT2D eigenvalue weighted by Crippen LogP contribution is 2.43. The molecule has 1 aromatic carbocycles. The molecule has 2 aliphatic rings. The smallest absolute Gasteiger partial charge is 0.313 e.